The van der Waals surface area contributed by atoms with Crippen molar-refractivity contribution in [3.63, 3.8) is 0 Å². The Balaban J connectivity index is 2.75. The molecular weight excluding hydrogens is 266 g/mol. The molecule has 0 bridgehead atoms. The Hall–Kier alpha value is -1.56. The number of benzene rings is 1. The molecule has 1 aromatic rings. The van der Waals surface area contributed by atoms with Gasteiger partial charge >= 0.3 is 5.97 Å². The van der Waals surface area contributed by atoms with Crippen LogP contribution in [0, 0.1) is 0 Å². The molecule has 5 nitrogen and oxygen atoms in total. The quantitative estimate of drug-likeness (QED) is 0.801. The van der Waals surface area contributed by atoms with Gasteiger partial charge in [-0.25, -0.2) is 4.79 Å². The van der Waals surface area contributed by atoms with Gasteiger partial charge in [0.2, 0.25) is 0 Å². The summed E-state index contributed by atoms with van der Waals surface area (Å²) in [6.07, 6.45) is 2.37. The molecule has 2 N–H and O–H groups in total. The van der Waals surface area contributed by atoms with Gasteiger partial charge in [-0.3, -0.25) is 4.21 Å². The summed E-state index contributed by atoms with van der Waals surface area (Å²) in [5.74, 6) is -0.392. The lowest BCUT2D eigenvalue weighted by atomic mass is 10.1. The molecule has 2 unspecified atom stereocenters. The maximum atomic E-state index is 11.2. The van der Waals surface area contributed by atoms with Crippen LogP contribution < -0.4 is 10.1 Å². The molecule has 0 saturated heterocycles. The van der Waals surface area contributed by atoms with E-state index in [1.807, 2.05) is 6.92 Å². The fraction of sp³-hybridized carbons (Fsp3) is 0.462. The highest BCUT2D eigenvalue weighted by molar-refractivity contribution is 7.84. The monoisotopic (exact) mass is 285 g/mol. The van der Waals surface area contributed by atoms with Crippen molar-refractivity contribution >= 4 is 22.5 Å². The minimum Gasteiger partial charge on any atom is -0.497 e. The molecule has 0 aliphatic rings. The van der Waals surface area contributed by atoms with Crippen LogP contribution >= 0.6 is 0 Å². The van der Waals surface area contributed by atoms with Gasteiger partial charge in [0.1, 0.15) is 5.75 Å². The van der Waals surface area contributed by atoms with Crippen LogP contribution in [-0.2, 0) is 10.8 Å². The normalized spacial score (nSPS) is 13.6. The van der Waals surface area contributed by atoms with E-state index in [9.17, 15) is 9.00 Å². The van der Waals surface area contributed by atoms with Crippen molar-refractivity contribution in [2.75, 3.05) is 25.2 Å². The molecule has 1 aromatic carbocycles. The summed E-state index contributed by atoms with van der Waals surface area (Å²) in [5, 5.41) is 12.2. The molecule has 0 aliphatic carbocycles. The van der Waals surface area contributed by atoms with Crippen molar-refractivity contribution in [1.29, 1.82) is 0 Å². The summed E-state index contributed by atoms with van der Waals surface area (Å²) >= 11 is 0. The van der Waals surface area contributed by atoms with Crippen molar-refractivity contribution in [1.82, 2.24) is 0 Å². The first-order chi connectivity index (χ1) is 8.95. The lowest BCUT2D eigenvalue weighted by Crippen LogP contribution is -2.16. The molecule has 0 radical (unpaired) electrons. The maximum Gasteiger partial charge on any atom is 0.337 e. The van der Waals surface area contributed by atoms with Gasteiger partial charge in [-0.2, -0.15) is 0 Å². The van der Waals surface area contributed by atoms with Gasteiger partial charge in [-0.1, -0.05) is 6.92 Å². The molecule has 0 spiro atoms. The molecule has 0 heterocycles. The van der Waals surface area contributed by atoms with Crippen LogP contribution in [0.4, 0.5) is 5.69 Å². The first-order valence-electron chi connectivity index (χ1n) is 5.93. The predicted molar refractivity (Wildman–Crippen MR) is 76.6 cm³/mol. The van der Waals surface area contributed by atoms with E-state index in [2.05, 4.69) is 5.32 Å². The van der Waals surface area contributed by atoms with Gasteiger partial charge in [0.15, 0.2) is 0 Å². The third-order valence-electron chi connectivity index (χ3n) is 2.89. The van der Waals surface area contributed by atoms with E-state index in [1.165, 1.54) is 13.2 Å². The van der Waals surface area contributed by atoms with Crippen LogP contribution in [0.3, 0.4) is 0 Å². The minimum atomic E-state index is -0.989. The summed E-state index contributed by atoms with van der Waals surface area (Å²) in [7, 11) is 0.660. The molecule has 2 atom stereocenters. The van der Waals surface area contributed by atoms with Crippen molar-refractivity contribution in [2.24, 2.45) is 0 Å². The lowest BCUT2D eigenvalue weighted by Gasteiger charge is -2.13. The Bertz CT molecular complexity index is 476. The van der Waals surface area contributed by atoms with Crippen molar-refractivity contribution in [2.45, 2.75) is 18.6 Å². The molecule has 0 aliphatic heterocycles. The van der Waals surface area contributed by atoms with E-state index in [1.54, 1.807) is 18.4 Å². The van der Waals surface area contributed by atoms with Crippen LogP contribution in [0.2, 0.25) is 0 Å². The zero-order chi connectivity index (χ0) is 14.4. The molecular formula is C13H19NO4S. The van der Waals surface area contributed by atoms with E-state index in [0.29, 0.717) is 24.4 Å². The molecule has 19 heavy (non-hydrogen) atoms. The molecule has 0 aromatic heterocycles. The standard InChI is InChI=1S/C13H19NO4S/c1-9(19(3)17)6-7-14-12-8-10(18-2)4-5-11(12)13(15)16/h4-5,8-9,14H,6-7H2,1-3H3,(H,15,16). The Morgan fingerprint density at radius 3 is 2.74 bits per heavy atom. The zero-order valence-corrected chi connectivity index (χ0v) is 12.1. The number of nitrogens with one attached hydrogen (secondary N) is 1. The number of rotatable bonds is 7. The summed E-state index contributed by atoms with van der Waals surface area (Å²) in [4.78, 5) is 11.1. The molecule has 0 fully saturated rings. The van der Waals surface area contributed by atoms with E-state index in [4.69, 9.17) is 9.84 Å². The number of carboxylic acids is 1. The summed E-state index contributed by atoms with van der Waals surface area (Å²) in [5.41, 5.74) is 0.715. The van der Waals surface area contributed by atoms with Crippen molar-refractivity contribution in [3.8, 4) is 5.75 Å². The number of hydrogen-bond donors (Lipinski definition) is 2. The molecule has 6 heteroatoms. The highest BCUT2D eigenvalue weighted by Crippen LogP contribution is 2.22. The molecule has 106 valence electrons. The van der Waals surface area contributed by atoms with E-state index in [0.717, 1.165) is 0 Å². The van der Waals surface area contributed by atoms with Gasteiger partial charge in [0.05, 0.1) is 18.4 Å². The Labute approximate surface area is 115 Å². The second-order valence-corrected chi connectivity index (χ2v) is 6.04. The van der Waals surface area contributed by atoms with E-state index >= 15 is 0 Å². The fourth-order valence-corrected chi connectivity index (χ4v) is 2.01. The van der Waals surface area contributed by atoms with E-state index in [-0.39, 0.29) is 10.8 Å². The Kier molecular flexibility index (Phi) is 5.82. The second kappa shape index (κ2) is 7.13. The summed E-state index contributed by atoms with van der Waals surface area (Å²) in [6, 6.07) is 4.76. The SMILES string of the molecule is COc1ccc(C(=O)O)c(NCCC(C)S(C)=O)c1. The maximum absolute atomic E-state index is 11.2. The minimum absolute atomic E-state index is 0.0754. The topological polar surface area (TPSA) is 75.6 Å². The van der Waals surface area contributed by atoms with Gasteiger partial charge in [-0.15, -0.1) is 0 Å². The average Bonchev–Trinajstić information content (AvgIpc) is 2.37. The highest BCUT2D eigenvalue weighted by Gasteiger charge is 2.12. The second-order valence-electron chi connectivity index (χ2n) is 4.24. The third-order valence-corrected chi connectivity index (χ3v) is 4.26. The van der Waals surface area contributed by atoms with Gasteiger partial charge < -0.3 is 15.2 Å². The zero-order valence-electron chi connectivity index (χ0n) is 11.3. The predicted octanol–water partition coefficient (Wildman–Crippen LogP) is 1.96. The number of carboxylic acid groups (broad SMARTS) is 1. The fourth-order valence-electron chi connectivity index (χ4n) is 1.56. The Morgan fingerprint density at radius 2 is 2.21 bits per heavy atom. The number of hydrogen-bond acceptors (Lipinski definition) is 4. The third kappa shape index (κ3) is 4.55. The number of methoxy groups -OCH3 is 1. The molecule has 1 rings (SSSR count). The largest absolute Gasteiger partial charge is 0.497 e. The molecule has 0 amide bonds. The van der Waals surface area contributed by atoms with Crippen LogP contribution in [0.15, 0.2) is 18.2 Å². The smallest absolute Gasteiger partial charge is 0.337 e. The van der Waals surface area contributed by atoms with Gasteiger partial charge in [0.25, 0.3) is 0 Å². The van der Waals surface area contributed by atoms with Crippen LogP contribution in [0.1, 0.15) is 23.7 Å². The molecule has 0 saturated carbocycles. The highest BCUT2D eigenvalue weighted by atomic mass is 32.2. The van der Waals surface area contributed by atoms with Gasteiger partial charge in [0, 0.05) is 34.9 Å². The average molecular weight is 285 g/mol. The Morgan fingerprint density at radius 1 is 1.53 bits per heavy atom. The van der Waals surface area contributed by atoms with Gasteiger partial charge in [-0.05, 0) is 18.6 Å². The first-order valence-corrected chi connectivity index (χ1v) is 7.55. The first kappa shape index (κ1) is 15.5. The number of aromatic carboxylic acids is 1. The van der Waals surface area contributed by atoms with Crippen LogP contribution in [0.25, 0.3) is 0 Å². The van der Waals surface area contributed by atoms with Crippen molar-refractivity contribution in [3.05, 3.63) is 23.8 Å². The summed E-state index contributed by atoms with van der Waals surface area (Å²) < 4.78 is 16.3. The number of carbonyl (C=O) groups is 1. The van der Waals surface area contributed by atoms with Crippen LogP contribution in [-0.4, -0.2) is 40.4 Å². The van der Waals surface area contributed by atoms with Crippen LogP contribution in [0.5, 0.6) is 5.75 Å². The number of ether oxygens (including phenoxy) is 1. The van der Waals surface area contributed by atoms with E-state index < -0.39 is 16.8 Å². The summed E-state index contributed by atoms with van der Waals surface area (Å²) in [6.45, 7) is 2.47. The number of anilines is 1. The van der Waals surface area contributed by atoms with Crippen molar-refractivity contribution < 1.29 is 18.8 Å². The lowest BCUT2D eigenvalue weighted by molar-refractivity contribution is 0.0698.